The minimum Gasteiger partial charge on any atom is -0.497 e. The van der Waals surface area contributed by atoms with Gasteiger partial charge >= 0.3 is 5.69 Å². The Morgan fingerprint density at radius 2 is 1.78 bits per heavy atom. The Hall–Kier alpha value is -4.52. The molecule has 0 aliphatic carbocycles. The molecule has 0 aromatic heterocycles. The largest absolute Gasteiger partial charge is 0.497 e. The maximum absolute atomic E-state index is 12.3. The van der Waals surface area contributed by atoms with Crippen molar-refractivity contribution in [3.05, 3.63) is 90.4 Å². The lowest BCUT2D eigenvalue weighted by molar-refractivity contribution is -0.394. The number of ether oxygens (including phenoxy) is 3. The number of amides is 1. The van der Waals surface area contributed by atoms with Gasteiger partial charge in [-0.25, -0.2) is 5.43 Å². The Bertz CT molecular complexity index is 1330. The van der Waals surface area contributed by atoms with E-state index in [1.165, 1.54) is 13.3 Å². The molecule has 186 valence electrons. The Balaban J connectivity index is 1.84. The summed E-state index contributed by atoms with van der Waals surface area (Å²) >= 11 is 3.35. The van der Waals surface area contributed by atoms with Crippen LogP contribution in [0.15, 0.2) is 64.2 Å². The third kappa shape index (κ3) is 6.33. The second-order valence-corrected chi connectivity index (χ2v) is 7.81. The van der Waals surface area contributed by atoms with Crippen LogP contribution < -0.4 is 19.6 Å². The van der Waals surface area contributed by atoms with Gasteiger partial charge in [0.05, 0.1) is 40.3 Å². The molecule has 0 atom stereocenters. The molecule has 36 heavy (non-hydrogen) atoms. The zero-order chi connectivity index (χ0) is 26.2. The molecule has 13 heteroatoms. The summed E-state index contributed by atoms with van der Waals surface area (Å²) in [6.45, 7) is 1.99. The molecule has 0 radical (unpaired) electrons. The number of carbonyl (C=O) groups excluding carboxylic acids is 1. The molecule has 1 amide bonds. The summed E-state index contributed by atoms with van der Waals surface area (Å²) in [5, 5.41) is 26.4. The van der Waals surface area contributed by atoms with Crippen molar-refractivity contribution >= 4 is 39.4 Å². The molecule has 1 N–H and O–H groups in total. The van der Waals surface area contributed by atoms with Crippen LogP contribution in [-0.4, -0.2) is 35.7 Å². The van der Waals surface area contributed by atoms with Crippen molar-refractivity contribution in [3.8, 4) is 23.0 Å². The van der Waals surface area contributed by atoms with Crippen molar-refractivity contribution in [2.75, 3.05) is 13.7 Å². The van der Waals surface area contributed by atoms with Gasteiger partial charge in [-0.3, -0.25) is 25.0 Å². The van der Waals surface area contributed by atoms with Crippen LogP contribution in [0.2, 0.25) is 0 Å². The highest BCUT2D eigenvalue weighted by Gasteiger charge is 2.23. The smallest absolute Gasteiger partial charge is 0.318 e. The van der Waals surface area contributed by atoms with Gasteiger partial charge in [-0.1, -0.05) is 0 Å². The summed E-state index contributed by atoms with van der Waals surface area (Å²) in [7, 11) is 1.53. The third-order valence-corrected chi connectivity index (χ3v) is 5.21. The number of nitrogens with zero attached hydrogens (tertiary/aromatic N) is 3. The summed E-state index contributed by atoms with van der Waals surface area (Å²) < 4.78 is 16.8. The minimum atomic E-state index is -0.775. The topological polar surface area (TPSA) is 155 Å². The number of halogens is 1. The molecule has 0 saturated heterocycles. The van der Waals surface area contributed by atoms with Crippen molar-refractivity contribution in [2.24, 2.45) is 5.10 Å². The van der Waals surface area contributed by atoms with E-state index in [-0.39, 0.29) is 23.9 Å². The highest BCUT2D eigenvalue weighted by molar-refractivity contribution is 9.10. The van der Waals surface area contributed by atoms with Crippen LogP contribution in [0, 0.1) is 20.2 Å². The average Bonchev–Trinajstić information content (AvgIpc) is 2.86. The number of benzene rings is 3. The molecule has 3 aromatic rings. The number of methoxy groups -OCH3 is 1. The van der Waals surface area contributed by atoms with E-state index in [1.807, 2.05) is 0 Å². The quantitative estimate of drug-likeness (QED) is 0.201. The SMILES string of the molecule is CCOc1cc(/C=N\NC(=O)c2ccc(OC)cc2)cc(Br)c1Oc1ccc([N+](=O)[O-])cc1[N+](=O)[O-]. The van der Waals surface area contributed by atoms with E-state index in [9.17, 15) is 25.0 Å². The summed E-state index contributed by atoms with van der Waals surface area (Å²) in [4.78, 5) is 33.2. The molecule has 12 nitrogen and oxygen atoms in total. The summed E-state index contributed by atoms with van der Waals surface area (Å²) in [5.41, 5.74) is 2.30. The van der Waals surface area contributed by atoms with Gasteiger partial charge < -0.3 is 14.2 Å². The second-order valence-electron chi connectivity index (χ2n) is 6.96. The first-order chi connectivity index (χ1) is 17.2. The fraction of sp³-hybridized carbons (Fsp3) is 0.130. The molecule has 0 aliphatic rings. The highest BCUT2D eigenvalue weighted by atomic mass is 79.9. The lowest BCUT2D eigenvalue weighted by atomic mass is 10.2. The van der Waals surface area contributed by atoms with E-state index >= 15 is 0 Å². The number of rotatable bonds is 10. The molecule has 0 fully saturated rings. The average molecular weight is 559 g/mol. The lowest BCUT2D eigenvalue weighted by Crippen LogP contribution is -2.17. The molecule has 0 spiro atoms. The Morgan fingerprint density at radius 1 is 1.06 bits per heavy atom. The van der Waals surface area contributed by atoms with E-state index < -0.39 is 27.1 Å². The second kappa shape index (κ2) is 11.8. The number of hydrazone groups is 1. The van der Waals surface area contributed by atoms with Crippen LogP contribution >= 0.6 is 15.9 Å². The van der Waals surface area contributed by atoms with Gasteiger partial charge in [-0.2, -0.15) is 5.10 Å². The molecular formula is C23H19BrN4O8. The van der Waals surface area contributed by atoms with Crippen LogP contribution in [-0.2, 0) is 0 Å². The van der Waals surface area contributed by atoms with Crippen molar-refractivity contribution < 1.29 is 28.9 Å². The number of non-ortho nitro benzene ring substituents is 1. The Morgan fingerprint density at radius 3 is 2.39 bits per heavy atom. The molecule has 0 saturated carbocycles. The highest BCUT2D eigenvalue weighted by Crippen LogP contribution is 2.42. The molecule has 0 bridgehead atoms. The van der Waals surface area contributed by atoms with Gasteiger partial charge in [-0.05, 0) is 70.9 Å². The zero-order valence-corrected chi connectivity index (χ0v) is 20.6. The zero-order valence-electron chi connectivity index (χ0n) is 19.0. The van der Waals surface area contributed by atoms with E-state index in [2.05, 4.69) is 26.5 Å². The predicted octanol–water partition coefficient (Wildman–Crippen LogP) is 5.23. The van der Waals surface area contributed by atoms with Crippen LogP contribution in [0.4, 0.5) is 11.4 Å². The fourth-order valence-electron chi connectivity index (χ4n) is 2.96. The predicted molar refractivity (Wildman–Crippen MR) is 133 cm³/mol. The van der Waals surface area contributed by atoms with Crippen molar-refractivity contribution in [3.63, 3.8) is 0 Å². The monoisotopic (exact) mass is 558 g/mol. The van der Waals surface area contributed by atoms with Crippen molar-refractivity contribution in [1.82, 2.24) is 5.43 Å². The standard InChI is InChI=1S/C23H19BrN4O8/c1-3-35-21-11-14(13-25-26-23(29)15-4-7-17(34-2)8-5-15)10-18(24)22(21)36-20-9-6-16(27(30)31)12-19(20)28(32)33/h4-13H,3H2,1-2H3,(H,26,29)/b25-13-. The lowest BCUT2D eigenvalue weighted by Gasteiger charge is -2.14. The summed E-state index contributed by atoms with van der Waals surface area (Å²) in [6.07, 6.45) is 1.38. The third-order valence-electron chi connectivity index (χ3n) is 4.63. The number of nitro groups is 2. The van der Waals surface area contributed by atoms with Gasteiger partial charge in [0.15, 0.2) is 11.5 Å². The molecule has 3 aromatic carbocycles. The normalized spacial score (nSPS) is 10.6. The Labute approximate surface area is 212 Å². The number of carbonyl (C=O) groups is 1. The van der Waals surface area contributed by atoms with Gasteiger partial charge in [0.1, 0.15) is 5.75 Å². The van der Waals surface area contributed by atoms with E-state index in [0.717, 1.165) is 18.2 Å². The molecule has 3 rings (SSSR count). The number of nitro benzene ring substituents is 2. The first-order valence-corrected chi connectivity index (χ1v) is 11.1. The Kier molecular flexibility index (Phi) is 8.52. The first-order valence-electron chi connectivity index (χ1n) is 10.3. The van der Waals surface area contributed by atoms with E-state index in [0.29, 0.717) is 21.3 Å². The maximum Gasteiger partial charge on any atom is 0.318 e. The van der Waals surface area contributed by atoms with Gasteiger partial charge in [0.2, 0.25) is 5.75 Å². The number of hydrogen-bond donors (Lipinski definition) is 1. The molecular weight excluding hydrogens is 540 g/mol. The van der Waals surface area contributed by atoms with Crippen LogP contribution in [0.25, 0.3) is 0 Å². The minimum absolute atomic E-state index is 0.119. The number of hydrogen-bond acceptors (Lipinski definition) is 9. The molecule has 0 unspecified atom stereocenters. The molecule has 0 heterocycles. The van der Waals surface area contributed by atoms with Gasteiger partial charge in [0, 0.05) is 11.6 Å². The summed E-state index contributed by atoms with van der Waals surface area (Å²) in [6, 6.07) is 12.7. The number of nitrogens with one attached hydrogen (secondary N) is 1. The first kappa shape index (κ1) is 26.1. The van der Waals surface area contributed by atoms with Crippen LogP contribution in [0.1, 0.15) is 22.8 Å². The van der Waals surface area contributed by atoms with Crippen LogP contribution in [0.3, 0.4) is 0 Å². The van der Waals surface area contributed by atoms with E-state index in [4.69, 9.17) is 14.2 Å². The maximum atomic E-state index is 12.3. The summed E-state index contributed by atoms with van der Waals surface area (Å²) in [5.74, 6) is 0.323. The molecule has 0 aliphatic heterocycles. The van der Waals surface area contributed by atoms with Gasteiger partial charge in [-0.15, -0.1) is 0 Å². The van der Waals surface area contributed by atoms with E-state index in [1.54, 1.807) is 43.3 Å². The van der Waals surface area contributed by atoms with Gasteiger partial charge in [0.25, 0.3) is 11.6 Å². The van der Waals surface area contributed by atoms with Crippen LogP contribution in [0.5, 0.6) is 23.0 Å². The van der Waals surface area contributed by atoms with Crippen molar-refractivity contribution in [1.29, 1.82) is 0 Å². The van der Waals surface area contributed by atoms with Crippen molar-refractivity contribution in [2.45, 2.75) is 6.92 Å². The fourth-order valence-corrected chi connectivity index (χ4v) is 3.50.